The number of halogens is 1. The summed E-state index contributed by atoms with van der Waals surface area (Å²) in [6, 6.07) is 3.25. The van der Waals surface area contributed by atoms with Crippen molar-refractivity contribution in [3.8, 4) is 0 Å². The summed E-state index contributed by atoms with van der Waals surface area (Å²) >= 11 is 3.16. The molecule has 2 heterocycles. The molecule has 2 rings (SSSR count). The summed E-state index contributed by atoms with van der Waals surface area (Å²) < 4.78 is 28.3. The lowest BCUT2D eigenvalue weighted by atomic mass is 10.4. The van der Waals surface area contributed by atoms with Gasteiger partial charge in [-0.15, -0.1) is 0 Å². The van der Waals surface area contributed by atoms with Gasteiger partial charge in [0, 0.05) is 19.4 Å². The summed E-state index contributed by atoms with van der Waals surface area (Å²) in [5.41, 5.74) is 0.373. The van der Waals surface area contributed by atoms with E-state index in [0.717, 1.165) is 0 Å². The summed E-state index contributed by atoms with van der Waals surface area (Å²) in [5, 5.41) is -0.0317. The maximum absolute atomic E-state index is 11.9. The van der Waals surface area contributed by atoms with Gasteiger partial charge in [-0.25, -0.2) is 9.97 Å². The first-order valence-corrected chi connectivity index (χ1v) is 6.88. The van der Waals surface area contributed by atoms with Crippen molar-refractivity contribution in [3.63, 3.8) is 0 Å². The van der Waals surface area contributed by atoms with E-state index < -0.39 is 10.0 Å². The molecular formula is C9H9BrN4O2S. The van der Waals surface area contributed by atoms with Crippen LogP contribution < -0.4 is 4.72 Å². The van der Waals surface area contributed by atoms with E-state index in [1.807, 2.05) is 0 Å². The number of aromatic nitrogens is 3. The number of pyridine rings is 1. The Balaban J connectivity index is 2.33. The number of rotatable bonds is 3. The topological polar surface area (TPSA) is 76.9 Å². The molecule has 0 aliphatic carbocycles. The first-order valence-electron chi connectivity index (χ1n) is 4.60. The van der Waals surface area contributed by atoms with Crippen LogP contribution in [0.1, 0.15) is 0 Å². The molecule has 0 unspecified atom stereocenters. The average molecular weight is 317 g/mol. The van der Waals surface area contributed by atoms with Gasteiger partial charge in [-0.05, 0) is 28.1 Å². The van der Waals surface area contributed by atoms with Crippen LogP contribution in [0.3, 0.4) is 0 Å². The van der Waals surface area contributed by atoms with Gasteiger partial charge in [0.25, 0.3) is 10.0 Å². The highest BCUT2D eigenvalue weighted by atomic mass is 79.9. The van der Waals surface area contributed by atoms with E-state index in [9.17, 15) is 8.42 Å². The number of imidazole rings is 1. The number of hydrogen-bond acceptors (Lipinski definition) is 4. The maximum Gasteiger partial charge on any atom is 0.281 e. The van der Waals surface area contributed by atoms with Gasteiger partial charge in [0.15, 0.2) is 5.03 Å². The number of nitrogens with zero attached hydrogens (tertiary/aromatic N) is 3. The second kappa shape index (κ2) is 4.46. The van der Waals surface area contributed by atoms with Crippen molar-refractivity contribution in [2.45, 2.75) is 5.03 Å². The van der Waals surface area contributed by atoms with E-state index in [0.29, 0.717) is 10.3 Å². The molecule has 2 aromatic rings. The molecule has 0 aromatic carbocycles. The predicted octanol–water partition coefficient (Wildman–Crippen LogP) is 1.38. The Bertz CT molecular complexity index is 638. The van der Waals surface area contributed by atoms with Crippen molar-refractivity contribution in [2.24, 2.45) is 7.05 Å². The Labute approximate surface area is 107 Å². The fourth-order valence-corrected chi connectivity index (χ4v) is 2.72. The third kappa shape index (κ3) is 2.64. The fraction of sp³-hybridized carbons (Fsp3) is 0.111. The standard InChI is InChI=1S/C9H9BrN4O2S/c1-14-5-8(12-6-14)17(15,16)13-7-3-2-4-11-9(7)10/h2-6,13H,1H3. The highest BCUT2D eigenvalue weighted by Gasteiger charge is 2.18. The molecule has 8 heteroatoms. The number of hydrogen-bond donors (Lipinski definition) is 1. The van der Waals surface area contributed by atoms with Gasteiger partial charge >= 0.3 is 0 Å². The van der Waals surface area contributed by atoms with Gasteiger partial charge in [0.1, 0.15) is 4.60 Å². The van der Waals surface area contributed by atoms with Crippen LogP contribution >= 0.6 is 15.9 Å². The van der Waals surface area contributed by atoms with Crippen molar-refractivity contribution >= 4 is 31.6 Å². The highest BCUT2D eigenvalue weighted by Crippen LogP contribution is 2.21. The molecule has 0 radical (unpaired) electrons. The molecule has 6 nitrogen and oxygen atoms in total. The van der Waals surface area contributed by atoms with Gasteiger partial charge in [0.05, 0.1) is 12.0 Å². The van der Waals surface area contributed by atoms with Crippen molar-refractivity contribution in [2.75, 3.05) is 4.72 Å². The summed E-state index contributed by atoms with van der Waals surface area (Å²) in [7, 11) is -1.97. The summed E-state index contributed by atoms with van der Waals surface area (Å²) in [6.45, 7) is 0. The lowest BCUT2D eigenvalue weighted by Gasteiger charge is -2.06. The molecule has 0 amide bonds. The molecular weight excluding hydrogens is 308 g/mol. The quantitative estimate of drug-likeness (QED) is 0.868. The number of anilines is 1. The Kier molecular flexibility index (Phi) is 3.16. The minimum atomic E-state index is -3.67. The van der Waals surface area contributed by atoms with Crippen LogP contribution in [0.5, 0.6) is 0 Å². The van der Waals surface area contributed by atoms with Crippen LogP contribution in [0, 0.1) is 0 Å². The summed E-state index contributed by atoms with van der Waals surface area (Å²) in [4.78, 5) is 7.72. The summed E-state index contributed by atoms with van der Waals surface area (Å²) in [5.74, 6) is 0. The second-order valence-corrected chi connectivity index (χ2v) is 5.71. The van der Waals surface area contributed by atoms with Crippen molar-refractivity contribution in [3.05, 3.63) is 35.5 Å². The highest BCUT2D eigenvalue weighted by molar-refractivity contribution is 9.10. The predicted molar refractivity (Wildman–Crippen MR) is 66.0 cm³/mol. The third-order valence-corrected chi connectivity index (χ3v) is 3.84. The molecule has 0 aliphatic heterocycles. The third-order valence-electron chi connectivity index (χ3n) is 1.96. The Morgan fingerprint density at radius 1 is 1.41 bits per heavy atom. The van der Waals surface area contributed by atoms with Gasteiger partial charge < -0.3 is 4.57 Å². The number of sulfonamides is 1. The first-order chi connectivity index (χ1) is 7.99. The monoisotopic (exact) mass is 316 g/mol. The van der Waals surface area contributed by atoms with Gasteiger partial charge in [-0.1, -0.05) is 0 Å². The van der Waals surface area contributed by atoms with Gasteiger partial charge in [0.2, 0.25) is 0 Å². The van der Waals surface area contributed by atoms with E-state index in [2.05, 4.69) is 30.6 Å². The zero-order valence-corrected chi connectivity index (χ0v) is 11.2. The zero-order valence-electron chi connectivity index (χ0n) is 8.83. The summed E-state index contributed by atoms with van der Waals surface area (Å²) in [6.07, 6.45) is 4.40. The largest absolute Gasteiger partial charge is 0.339 e. The molecule has 0 saturated carbocycles. The first kappa shape index (κ1) is 12.1. The molecule has 0 spiro atoms. The van der Waals surface area contributed by atoms with Crippen molar-refractivity contribution in [1.29, 1.82) is 0 Å². The zero-order chi connectivity index (χ0) is 12.5. The minimum absolute atomic E-state index is 0.0317. The molecule has 0 aliphatic rings. The van der Waals surface area contributed by atoms with E-state index in [4.69, 9.17) is 0 Å². The Morgan fingerprint density at radius 3 is 2.76 bits per heavy atom. The molecule has 0 fully saturated rings. The molecule has 90 valence electrons. The van der Waals surface area contributed by atoms with E-state index in [1.165, 1.54) is 12.5 Å². The Hall–Kier alpha value is -1.41. The number of nitrogens with one attached hydrogen (secondary N) is 1. The average Bonchev–Trinajstić information content (AvgIpc) is 2.69. The minimum Gasteiger partial charge on any atom is -0.339 e. The molecule has 0 saturated heterocycles. The lowest BCUT2D eigenvalue weighted by molar-refractivity contribution is 0.598. The van der Waals surface area contributed by atoms with E-state index in [-0.39, 0.29) is 5.03 Å². The number of aryl methyl sites for hydroxylation is 1. The van der Waals surface area contributed by atoms with Crippen LogP contribution in [0.2, 0.25) is 0 Å². The Morgan fingerprint density at radius 2 is 2.18 bits per heavy atom. The SMILES string of the molecule is Cn1cnc(S(=O)(=O)Nc2cccnc2Br)c1. The van der Waals surface area contributed by atoms with Crippen LogP contribution in [0.25, 0.3) is 0 Å². The van der Waals surface area contributed by atoms with E-state index >= 15 is 0 Å². The lowest BCUT2D eigenvalue weighted by Crippen LogP contribution is -2.14. The molecule has 2 aromatic heterocycles. The van der Waals surface area contributed by atoms with Crippen molar-refractivity contribution < 1.29 is 8.42 Å². The normalized spacial score (nSPS) is 11.4. The molecule has 0 atom stereocenters. The van der Waals surface area contributed by atoms with Crippen LogP contribution in [0.15, 0.2) is 40.5 Å². The molecule has 1 N–H and O–H groups in total. The van der Waals surface area contributed by atoms with Gasteiger partial charge in [-0.3, -0.25) is 4.72 Å². The second-order valence-electron chi connectivity index (χ2n) is 3.32. The smallest absolute Gasteiger partial charge is 0.281 e. The van der Waals surface area contributed by atoms with Crippen LogP contribution in [0.4, 0.5) is 5.69 Å². The molecule has 17 heavy (non-hydrogen) atoms. The van der Waals surface area contributed by atoms with Crippen LogP contribution in [-0.2, 0) is 17.1 Å². The fourth-order valence-electron chi connectivity index (χ4n) is 1.19. The van der Waals surface area contributed by atoms with E-state index in [1.54, 1.807) is 29.9 Å². The molecule has 0 bridgehead atoms. The maximum atomic E-state index is 11.9. The van der Waals surface area contributed by atoms with Gasteiger partial charge in [-0.2, -0.15) is 8.42 Å². The van der Waals surface area contributed by atoms with Crippen LogP contribution in [-0.4, -0.2) is 23.0 Å². The van der Waals surface area contributed by atoms with Crippen molar-refractivity contribution in [1.82, 2.24) is 14.5 Å².